The molecule has 1 aliphatic heterocycles. The first kappa shape index (κ1) is 20.4. The van der Waals surface area contributed by atoms with E-state index in [2.05, 4.69) is 25.5 Å². The summed E-state index contributed by atoms with van der Waals surface area (Å²) < 4.78 is 5.47. The number of hydrogen-bond donors (Lipinski definition) is 2. The molecule has 2 N–H and O–H groups in total. The quantitative estimate of drug-likeness (QED) is 0.653. The second kappa shape index (κ2) is 8.90. The van der Waals surface area contributed by atoms with Crippen molar-refractivity contribution in [2.45, 2.75) is 44.4 Å². The number of nitrogens with zero attached hydrogens (tertiary/aromatic N) is 3. The lowest BCUT2D eigenvalue weighted by atomic mass is 9.94. The first-order chi connectivity index (χ1) is 14.6. The summed E-state index contributed by atoms with van der Waals surface area (Å²) in [5, 5.41) is 6.42. The maximum Gasteiger partial charge on any atom is 0.230 e. The van der Waals surface area contributed by atoms with E-state index in [-0.39, 0.29) is 5.91 Å². The highest BCUT2D eigenvalue weighted by atomic mass is 16.5. The molecule has 1 saturated heterocycles. The maximum absolute atomic E-state index is 12.9. The molecule has 2 aromatic rings. The van der Waals surface area contributed by atoms with Crippen molar-refractivity contribution < 1.29 is 9.53 Å². The van der Waals surface area contributed by atoms with Crippen LogP contribution in [0.5, 0.6) is 5.75 Å². The molecule has 7 heteroatoms. The summed E-state index contributed by atoms with van der Waals surface area (Å²) in [5.41, 5.74) is 0.537. The Morgan fingerprint density at radius 2 is 1.90 bits per heavy atom. The van der Waals surface area contributed by atoms with Crippen LogP contribution in [0.25, 0.3) is 0 Å². The number of carbonyl (C=O) groups is 1. The van der Waals surface area contributed by atoms with Crippen molar-refractivity contribution in [1.29, 1.82) is 0 Å². The molecule has 0 spiro atoms. The number of methoxy groups -OCH3 is 1. The van der Waals surface area contributed by atoms with Crippen LogP contribution in [0.4, 0.5) is 11.6 Å². The number of carbonyl (C=O) groups excluding carboxylic acids is 1. The fourth-order valence-electron chi connectivity index (χ4n) is 4.25. The molecule has 4 rings (SSSR count). The molecule has 30 heavy (non-hydrogen) atoms. The third-order valence-electron chi connectivity index (χ3n) is 6.03. The average molecular weight is 410 g/mol. The number of aromatic nitrogens is 2. The van der Waals surface area contributed by atoms with Gasteiger partial charge >= 0.3 is 0 Å². The Bertz CT molecular complexity index is 891. The van der Waals surface area contributed by atoms with E-state index in [0.29, 0.717) is 13.1 Å². The Morgan fingerprint density at radius 1 is 1.13 bits per heavy atom. The van der Waals surface area contributed by atoms with Crippen molar-refractivity contribution in [3.63, 3.8) is 0 Å². The fourth-order valence-corrected chi connectivity index (χ4v) is 4.25. The zero-order valence-corrected chi connectivity index (χ0v) is 17.9. The molecule has 0 radical (unpaired) electrons. The van der Waals surface area contributed by atoms with Gasteiger partial charge in [-0.3, -0.25) is 4.79 Å². The van der Waals surface area contributed by atoms with Gasteiger partial charge in [-0.05, 0) is 45.1 Å². The van der Waals surface area contributed by atoms with E-state index in [1.165, 1.54) is 19.3 Å². The lowest BCUT2D eigenvalue weighted by molar-refractivity contribution is -0.123. The Labute approximate surface area is 178 Å². The Balaban J connectivity index is 1.32. The fraction of sp³-hybridized carbons (Fsp3) is 0.522. The van der Waals surface area contributed by atoms with Gasteiger partial charge in [-0.2, -0.15) is 0 Å². The summed E-state index contributed by atoms with van der Waals surface area (Å²) in [5.74, 6) is 3.41. The van der Waals surface area contributed by atoms with E-state index in [1.807, 2.05) is 37.3 Å². The summed E-state index contributed by atoms with van der Waals surface area (Å²) in [6.07, 6.45) is 5.44. The predicted octanol–water partition coefficient (Wildman–Crippen LogP) is 3.04. The summed E-state index contributed by atoms with van der Waals surface area (Å²) in [7, 11) is 1.65. The molecule has 2 fully saturated rings. The number of para-hydroxylation sites is 1. The third kappa shape index (κ3) is 4.35. The molecule has 7 nitrogen and oxygen atoms in total. The molecule has 0 atom stereocenters. The maximum atomic E-state index is 12.9. The van der Waals surface area contributed by atoms with Crippen LogP contribution in [0.3, 0.4) is 0 Å². The number of rotatable bonds is 8. The smallest absolute Gasteiger partial charge is 0.230 e. The molecule has 0 unspecified atom stereocenters. The number of amides is 1. The number of ether oxygens (including phenoxy) is 1. The first-order valence-electron chi connectivity index (χ1n) is 10.9. The summed E-state index contributed by atoms with van der Waals surface area (Å²) >= 11 is 0. The monoisotopic (exact) mass is 409 g/mol. The van der Waals surface area contributed by atoms with Crippen molar-refractivity contribution in [2.75, 3.05) is 43.5 Å². The standard InChI is InChI=1S/C23H31N5O2/c1-17-26-20(16-21(27-17)28-14-6-3-7-15-28)24-12-13-25-22(29)23(10-11-23)18-8-4-5-9-19(18)30-2/h4-5,8-9,16H,3,6-7,10-15H2,1-2H3,(H,25,29)(H,24,26,27). The average Bonchev–Trinajstić information content (AvgIpc) is 3.59. The van der Waals surface area contributed by atoms with Crippen LogP contribution >= 0.6 is 0 Å². The van der Waals surface area contributed by atoms with E-state index in [0.717, 1.165) is 54.7 Å². The van der Waals surface area contributed by atoms with Gasteiger partial charge in [0.05, 0.1) is 12.5 Å². The second-order valence-electron chi connectivity index (χ2n) is 8.17. The molecule has 2 heterocycles. The minimum atomic E-state index is -0.445. The predicted molar refractivity (Wildman–Crippen MR) is 118 cm³/mol. The number of hydrogen-bond acceptors (Lipinski definition) is 6. The molecular weight excluding hydrogens is 378 g/mol. The highest BCUT2D eigenvalue weighted by molar-refractivity contribution is 5.92. The Hall–Kier alpha value is -2.83. The van der Waals surface area contributed by atoms with E-state index >= 15 is 0 Å². The summed E-state index contributed by atoms with van der Waals surface area (Å²) in [6.45, 7) is 5.18. The molecule has 1 amide bonds. The molecule has 2 aliphatic rings. The van der Waals surface area contributed by atoms with Gasteiger partial charge in [0.1, 0.15) is 23.2 Å². The second-order valence-corrected chi connectivity index (χ2v) is 8.17. The molecular formula is C23H31N5O2. The minimum absolute atomic E-state index is 0.0710. The highest BCUT2D eigenvalue weighted by Crippen LogP contribution is 2.51. The SMILES string of the molecule is COc1ccccc1C1(C(=O)NCCNc2cc(N3CCCCC3)nc(C)n2)CC1. The van der Waals surface area contributed by atoms with Crippen molar-refractivity contribution >= 4 is 17.5 Å². The Morgan fingerprint density at radius 3 is 2.63 bits per heavy atom. The normalized spacial score (nSPS) is 17.3. The van der Waals surface area contributed by atoms with Crippen LogP contribution in [0.2, 0.25) is 0 Å². The van der Waals surface area contributed by atoms with Gasteiger partial charge in [0, 0.05) is 37.8 Å². The molecule has 1 saturated carbocycles. The van der Waals surface area contributed by atoms with Gasteiger partial charge < -0.3 is 20.3 Å². The highest BCUT2D eigenvalue weighted by Gasteiger charge is 2.52. The number of benzene rings is 1. The van der Waals surface area contributed by atoms with Crippen LogP contribution in [0.1, 0.15) is 43.5 Å². The zero-order chi connectivity index (χ0) is 21.0. The topological polar surface area (TPSA) is 79.4 Å². The van der Waals surface area contributed by atoms with Crippen LogP contribution in [-0.2, 0) is 10.2 Å². The van der Waals surface area contributed by atoms with E-state index in [9.17, 15) is 4.79 Å². The van der Waals surface area contributed by atoms with Gasteiger partial charge in [0.25, 0.3) is 0 Å². The molecule has 1 aromatic carbocycles. The van der Waals surface area contributed by atoms with E-state index < -0.39 is 5.41 Å². The number of aryl methyl sites for hydroxylation is 1. The lowest BCUT2D eigenvalue weighted by Crippen LogP contribution is -2.37. The van der Waals surface area contributed by atoms with Crippen molar-refractivity contribution in [1.82, 2.24) is 15.3 Å². The number of anilines is 2. The van der Waals surface area contributed by atoms with Crippen molar-refractivity contribution in [2.24, 2.45) is 0 Å². The summed E-state index contributed by atoms with van der Waals surface area (Å²) in [4.78, 5) is 24.3. The molecule has 160 valence electrons. The van der Waals surface area contributed by atoms with Crippen molar-refractivity contribution in [3.05, 3.63) is 41.7 Å². The number of piperidine rings is 1. The van der Waals surface area contributed by atoms with Crippen LogP contribution in [-0.4, -0.2) is 49.2 Å². The van der Waals surface area contributed by atoms with Crippen LogP contribution in [0, 0.1) is 6.92 Å². The van der Waals surface area contributed by atoms with Crippen LogP contribution in [0.15, 0.2) is 30.3 Å². The zero-order valence-electron chi connectivity index (χ0n) is 17.9. The third-order valence-corrected chi connectivity index (χ3v) is 6.03. The first-order valence-corrected chi connectivity index (χ1v) is 10.9. The summed E-state index contributed by atoms with van der Waals surface area (Å²) in [6, 6.07) is 9.82. The molecule has 1 aromatic heterocycles. The van der Waals surface area contributed by atoms with Crippen molar-refractivity contribution in [3.8, 4) is 5.75 Å². The van der Waals surface area contributed by atoms with Gasteiger partial charge in [0.2, 0.25) is 5.91 Å². The Kier molecular flexibility index (Phi) is 6.06. The largest absolute Gasteiger partial charge is 0.496 e. The van der Waals surface area contributed by atoms with Gasteiger partial charge in [-0.15, -0.1) is 0 Å². The van der Waals surface area contributed by atoms with Crippen LogP contribution < -0.4 is 20.3 Å². The molecule has 0 bridgehead atoms. The van der Waals surface area contributed by atoms with E-state index in [4.69, 9.17) is 4.74 Å². The van der Waals surface area contributed by atoms with Gasteiger partial charge in [0.15, 0.2) is 0 Å². The van der Waals surface area contributed by atoms with Gasteiger partial charge in [-0.25, -0.2) is 9.97 Å². The lowest BCUT2D eigenvalue weighted by Gasteiger charge is -2.28. The van der Waals surface area contributed by atoms with E-state index in [1.54, 1.807) is 7.11 Å². The van der Waals surface area contributed by atoms with Gasteiger partial charge in [-0.1, -0.05) is 18.2 Å². The minimum Gasteiger partial charge on any atom is -0.496 e. The molecule has 1 aliphatic carbocycles. The number of nitrogens with one attached hydrogen (secondary N) is 2.